The number of ether oxygens (including phenoxy) is 1. The molecule has 10 heteroatoms. The van der Waals surface area contributed by atoms with Crippen LogP contribution in [0.15, 0.2) is 12.4 Å². The molecule has 160 valence electrons. The Labute approximate surface area is 171 Å². The van der Waals surface area contributed by atoms with Crippen LogP contribution in [0.25, 0.3) is 0 Å². The molecule has 29 heavy (non-hydrogen) atoms. The summed E-state index contributed by atoms with van der Waals surface area (Å²) in [5.41, 5.74) is -0.178. The van der Waals surface area contributed by atoms with Crippen molar-refractivity contribution in [2.45, 2.75) is 70.3 Å². The van der Waals surface area contributed by atoms with Crippen LogP contribution < -0.4 is 10.2 Å². The number of aliphatic hydroxyl groups excluding tert-OH is 2. The molecule has 0 radical (unpaired) electrons. The van der Waals surface area contributed by atoms with Gasteiger partial charge in [-0.2, -0.15) is 0 Å². The van der Waals surface area contributed by atoms with Crippen molar-refractivity contribution in [3.05, 3.63) is 12.4 Å². The first-order valence-electron chi connectivity index (χ1n) is 10.0. The molecule has 1 aromatic heterocycles. The summed E-state index contributed by atoms with van der Waals surface area (Å²) in [6, 6.07) is 0.00905. The number of hydrogen-bond donors (Lipinski definition) is 2. The number of carbonyl (C=O) groups excluding carboxylic acids is 1. The molecule has 2 atom stereocenters. The summed E-state index contributed by atoms with van der Waals surface area (Å²) in [6.45, 7) is 8.09. The molecule has 2 aliphatic heterocycles. The van der Waals surface area contributed by atoms with Gasteiger partial charge in [0.15, 0.2) is 6.10 Å². The van der Waals surface area contributed by atoms with Crippen molar-refractivity contribution in [2.24, 2.45) is 0 Å². The molecule has 0 aliphatic carbocycles. The van der Waals surface area contributed by atoms with Crippen molar-refractivity contribution in [3.63, 3.8) is 0 Å². The van der Waals surface area contributed by atoms with E-state index >= 15 is 0 Å². The minimum absolute atomic E-state index is 0.191. The summed E-state index contributed by atoms with van der Waals surface area (Å²) >= 11 is 0. The minimum Gasteiger partial charge on any atom is -0.461 e. The molecule has 2 aliphatic rings. The van der Waals surface area contributed by atoms with E-state index in [9.17, 15) is 9.90 Å². The number of rotatable bonds is 6. The maximum Gasteiger partial charge on any atom is 0.498 e. The van der Waals surface area contributed by atoms with Gasteiger partial charge in [0, 0.05) is 24.4 Å². The highest BCUT2D eigenvalue weighted by molar-refractivity contribution is 6.61. The monoisotopic (exact) mass is 407 g/mol. The molecule has 3 heterocycles. The largest absolute Gasteiger partial charge is 0.498 e. The molecule has 1 aromatic rings. The van der Waals surface area contributed by atoms with Crippen LogP contribution in [0, 0.1) is 0 Å². The summed E-state index contributed by atoms with van der Waals surface area (Å²) in [7, 11) is -0.541. The first-order chi connectivity index (χ1) is 13.6. The van der Waals surface area contributed by atoms with Gasteiger partial charge < -0.3 is 29.2 Å². The fourth-order valence-electron chi connectivity index (χ4n) is 3.41. The Morgan fingerprint density at radius 1 is 1.28 bits per heavy atom. The van der Waals surface area contributed by atoms with Crippen molar-refractivity contribution in [1.29, 1.82) is 0 Å². The van der Waals surface area contributed by atoms with Gasteiger partial charge in [-0.3, -0.25) is 4.79 Å². The Morgan fingerprint density at radius 2 is 1.90 bits per heavy atom. The number of piperidine rings is 1. The quantitative estimate of drug-likeness (QED) is 0.628. The zero-order valence-electron chi connectivity index (χ0n) is 17.5. The van der Waals surface area contributed by atoms with E-state index in [2.05, 4.69) is 9.97 Å². The molecule has 1 amide bonds. The lowest BCUT2D eigenvalue weighted by atomic mass is 9.81. The van der Waals surface area contributed by atoms with E-state index in [0.29, 0.717) is 12.0 Å². The highest BCUT2D eigenvalue weighted by Crippen LogP contribution is 2.36. The van der Waals surface area contributed by atoms with E-state index in [-0.39, 0.29) is 18.7 Å². The highest BCUT2D eigenvalue weighted by Gasteiger charge is 2.52. The van der Waals surface area contributed by atoms with E-state index in [1.165, 1.54) is 0 Å². The summed E-state index contributed by atoms with van der Waals surface area (Å²) in [6.07, 6.45) is 4.42. The van der Waals surface area contributed by atoms with Crippen LogP contribution in [0.1, 0.15) is 47.0 Å². The topological polar surface area (TPSA) is 114 Å². The van der Waals surface area contributed by atoms with E-state index in [0.717, 1.165) is 19.3 Å². The molecule has 2 N–H and O–H groups in total. The number of aliphatic hydroxyl groups is 2. The third-order valence-electron chi connectivity index (χ3n) is 5.95. The molecular formula is C19H30BN3O6. The number of amides is 1. The van der Waals surface area contributed by atoms with E-state index in [4.69, 9.17) is 19.2 Å². The molecule has 2 fully saturated rings. The second-order valence-corrected chi connectivity index (χ2v) is 8.58. The molecule has 2 saturated heterocycles. The van der Waals surface area contributed by atoms with Gasteiger partial charge in [-0.1, -0.05) is 0 Å². The number of nitrogens with zero attached hydrogens (tertiary/aromatic N) is 3. The lowest BCUT2D eigenvalue weighted by Gasteiger charge is -2.36. The summed E-state index contributed by atoms with van der Waals surface area (Å²) < 4.78 is 17.7. The summed E-state index contributed by atoms with van der Waals surface area (Å²) in [4.78, 5) is 22.3. The number of hydrogen-bond acceptors (Lipinski definition) is 8. The number of carbonyl (C=O) groups is 1. The van der Waals surface area contributed by atoms with Gasteiger partial charge in [-0.25, -0.2) is 9.97 Å². The normalized spacial score (nSPS) is 24.4. The van der Waals surface area contributed by atoms with Gasteiger partial charge in [0.1, 0.15) is 6.61 Å². The fraction of sp³-hybridized carbons (Fsp3) is 0.737. The summed E-state index contributed by atoms with van der Waals surface area (Å²) in [5.74, 6) is -0.474. The lowest BCUT2D eigenvalue weighted by Crippen LogP contribution is -2.51. The minimum atomic E-state index is -1.40. The van der Waals surface area contributed by atoms with E-state index in [1.807, 2.05) is 27.7 Å². The standard InChI is InChI=1S/C19H30BN3O6/c1-18(2)19(3,4)29-20(28-18)13-9-21-17(22-10-13)27-12-14-7-5-6-8-23(14)16(26)15(25)11-24/h9-10,14-15,24-25H,5-8,11-12H2,1-4H3. The van der Waals surface area contributed by atoms with Crippen LogP contribution in [-0.4, -0.2) is 81.2 Å². The molecular weight excluding hydrogens is 377 g/mol. The molecule has 9 nitrogen and oxygen atoms in total. The van der Waals surface area contributed by atoms with Crippen LogP contribution in [0.4, 0.5) is 0 Å². The highest BCUT2D eigenvalue weighted by atomic mass is 16.7. The van der Waals surface area contributed by atoms with Crippen LogP contribution in [0.2, 0.25) is 0 Å². The SMILES string of the molecule is CC1(C)OB(c2cnc(OCC3CCCCN3C(=O)C(O)CO)nc2)OC1(C)C. The smallest absolute Gasteiger partial charge is 0.461 e. The van der Waals surface area contributed by atoms with Crippen molar-refractivity contribution in [3.8, 4) is 6.01 Å². The van der Waals surface area contributed by atoms with Crippen molar-refractivity contribution in [1.82, 2.24) is 14.9 Å². The van der Waals surface area contributed by atoms with Crippen molar-refractivity contribution in [2.75, 3.05) is 19.8 Å². The number of likely N-dealkylation sites (tertiary alicyclic amines) is 1. The molecule has 2 unspecified atom stereocenters. The fourth-order valence-corrected chi connectivity index (χ4v) is 3.41. The Hall–Kier alpha value is -1.75. The zero-order valence-corrected chi connectivity index (χ0v) is 17.5. The van der Waals surface area contributed by atoms with Crippen LogP contribution >= 0.6 is 0 Å². The van der Waals surface area contributed by atoms with E-state index in [1.54, 1.807) is 17.3 Å². The molecule has 3 rings (SSSR count). The second-order valence-electron chi connectivity index (χ2n) is 8.58. The van der Waals surface area contributed by atoms with Crippen LogP contribution in [0.3, 0.4) is 0 Å². The first kappa shape index (κ1) is 22.0. The number of aromatic nitrogens is 2. The van der Waals surface area contributed by atoms with Crippen molar-refractivity contribution >= 4 is 18.5 Å². The maximum absolute atomic E-state index is 12.2. The molecule has 0 aromatic carbocycles. The van der Waals surface area contributed by atoms with E-state index < -0.39 is 36.9 Å². The van der Waals surface area contributed by atoms with Crippen molar-refractivity contribution < 1.29 is 29.1 Å². The van der Waals surface area contributed by atoms with Crippen LogP contribution in [0.5, 0.6) is 6.01 Å². The average Bonchev–Trinajstić information content (AvgIpc) is 2.93. The van der Waals surface area contributed by atoms with Gasteiger partial charge in [0.05, 0.1) is 23.9 Å². The second kappa shape index (κ2) is 8.55. The molecule has 0 bridgehead atoms. The first-order valence-corrected chi connectivity index (χ1v) is 10.0. The van der Waals surface area contributed by atoms with Gasteiger partial charge in [0.25, 0.3) is 5.91 Å². The zero-order chi connectivity index (χ0) is 21.2. The predicted octanol–water partition coefficient (Wildman–Crippen LogP) is -0.111. The lowest BCUT2D eigenvalue weighted by molar-refractivity contribution is -0.146. The molecule has 0 spiro atoms. The van der Waals surface area contributed by atoms with Gasteiger partial charge in [0.2, 0.25) is 0 Å². The summed E-state index contributed by atoms with van der Waals surface area (Å²) in [5, 5.41) is 18.7. The third-order valence-corrected chi connectivity index (χ3v) is 5.95. The molecule has 0 saturated carbocycles. The maximum atomic E-state index is 12.2. The average molecular weight is 407 g/mol. The van der Waals surface area contributed by atoms with Gasteiger partial charge >= 0.3 is 13.1 Å². The Morgan fingerprint density at radius 3 is 2.48 bits per heavy atom. The Bertz CT molecular complexity index is 698. The van der Waals surface area contributed by atoms with Gasteiger partial charge in [-0.15, -0.1) is 0 Å². The predicted molar refractivity (Wildman–Crippen MR) is 106 cm³/mol. The third kappa shape index (κ3) is 4.71. The Balaban J connectivity index is 1.59. The Kier molecular flexibility index (Phi) is 6.47. The van der Waals surface area contributed by atoms with Crippen LogP contribution in [-0.2, 0) is 14.1 Å². The van der Waals surface area contributed by atoms with Gasteiger partial charge in [-0.05, 0) is 47.0 Å².